The van der Waals surface area contributed by atoms with Crippen LogP contribution >= 0.6 is 0 Å². The van der Waals surface area contributed by atoms with Gasteiger partial charge in [0.1, 0.15) is 5.82 Å². The summed E-state index contributed by atoms with van der Waals surface area (Å²) in [6.45, 7) is 7.51. The molecule has 0 bridgehead atoms. The van der Waals surface area contributed by atoms with Gasteiger partial charge in [-0.2, -0.15) is 0 Å². The Morgan fingerprint density at radius 2 is 1.68 bits per heavy atom. The number of anilines is 1. The van der Waals surface area contributed by atoms with Crippen LogP contribution in [-0.4, -0.2) is 80.5 Å². The van der Waals surface area contributed by atoms with Crippen molar-refractivity contribution in [3.05, 3.63) is 48.0 Å². The lowest BCUT2D eigenvalue weighted by atomic mass is 9.95. The van der Waals surface area contributed by atoms with Crippen molar-refractivity contribution in [2.75, 3.05) is 44.2 Å². The Bertz CT molecular complexity index is 1160. The highest BCUT2D eigenvalue weighted by molar-refractivity contribution is 5.98. The Hall–Kier alpha value is -3.00. The van der Waals surface area contributed by atoms with Crippen molar-refractivity contribution in [1.29, 1.82) is 0 Å². The number of amides is 1. The number of aromatic nitrogens is 4. The fraction of sp³-hybridized carbons (Fsp3) is 0.538. The summed E-state index contributed by atoms with van der Waals surface area (Å²) in [5.74, 6) is 2.00. The van der Waals surface area contributed by atoms with Gasteiger partial charge in [-0.3, -0.25) is 9.69 Å². The van der Waals surface area contributed by atoms with Crippen molar-refractivity contribution in [2.24, 2.45) is 0 Å². The molecule has 8 nitrogen and oxygen atoms in total. The number of likely N-dealkylation sites (tertiary alicyclic amines) is 1. The van der Waals surface area contributed by atoms with Crippen molar-refractivity contribution in [3.63, 3.8) is 0 Å². The van der Waals surface area contributed by atoms with E-state index in [4.69, 9.17) is 4.98 Å². The summed E-state index contributed by atoms with van der Waals surface area (Å²) in [6, 6.07) is 8.94. The Balaban J connectivity index is 1.07. The van der Waals surface area contributed by atoms with Gasteiger partial charge >= 0.3 is 0 Å². The Morgan fingerprint density at radius 1 is 0.941 bits per heavy atom. The highest BCUT2D eigenvalue weighted by atomic mass is 16.2. The maximum atomic E-state index is 13.2. The number of benzene rings is 1. The largest absolute Gasteiger partial charge is 0.338 e. The van der Waals surface area contributed by atoms with E-state index >= 15 is 0 Å². The third kappa shape index (κ3) is 3.94. The lowest BCUT2D eigenvalue weighted by molar-refractivity contribution is 0.0246. The number of piperazine rings is 1. The summed E-state index contributed by atoms with van der Waals surface area (Å²) in [4.78, 5) is 33.5. The minimum absolute atomic E-state index is 0.124. The standard InChI is InChI=1S/C26H33N7O/c1-19-29-23-16-20(8-9-24(23)33(19)21-6-3-2-4-7-21)25(34)32-17-22(18-32)30-12-14-31(15-13-30)26-27-10-5-11-28-26/h5,8-11,16,21-22H,2-4,6-7,12-15,17-18H2,1H3. The quantitative estimate of drug-likeness (QED) is 0.596. The number of imidazole rings is 1. The lowest BCUT2D eigenvalue weighted by Gasteiger charge is -2.48. The van der Waals surface area contributed by atoms with Gasteiger partial charge < -0.3 is 14.4 Å². The molecule has 0 unspecified atom stereocenters. The second-order valence-corrected chi connectivity index (χ2v) is 9.96. The molecule has 2 aliphatic heterocycles. The van der Waals surface area contributed by atoms with E-state index in [0.717, 1.165) is 62.1 Å². The van der Waals surface area contributed by atoms with Gasteiger partial charge in [0, 0.05) is 69.3 Å². The van der Waals surface area contributed by atoms with E-state index < -0.39 is 0 Å². The van der Waals surface area contributed by atoms with Crippen molar-refractivity contribution >= 4 is 22.9 Å². The van der Waals surface area contributed by atoms with E-state index in [1.165, 1.54) is 37.6 Å². The zero-order valence-electron chi connectivity index (χ0n) is 19.9. The molecule has 4 heterocycles. The third-order valence-corrected chi connectivity index (χ3v) is 7.87. The van der Waals surface area contributed by atoms with Gasteiger partial charge in [0.25, 0.3) is 5.91 Å². The fourth-order valence-corrected chi connectivity index (χ4v) is 5.93. The molecule has 1 aromatic carbocycles. The van der Waals surface area contributed by atoms with Gasteiger partial charge in [-0.25, -0.2) is 15.0 Å². The summed E-state index contributed by atoms with van der Waals surface area (Å²) < 4.78 is 2.41. The SMILES string of the molecule is Cc1nc2cc(C(=O)N3CC(N4CCN(c5ncccn5)CC4)C3)ccc2n1C1CCCCC1. The normalized spacial score (nSPS) is 20.6. The minimum atomic E-state index is 0.124. The fourth-order valence-electron chi connectivity index (χ4n) is 5.93. The van der Waals surface area contributed by atoms with Crippen LogP contribution in [0.1, 0.15) is 54.3 Å². The Kier molecular flexibility index (Phi) is 5.69. The number of nitrogens with zero attached hydrogens (tertiary/aromatic N) is 7. The predicted octanol–water partition coefficient (Wildman–Crippen LogP) is 3.29. The molecule has 1 aliphatic carbocycles. The maximum Gasteiger partial charge on any atom is 0.254 e. The second kappa shape index (κ2) is 8.98. The highest BCUT2D eigenvalue weighted by Crippen LogP contribution is 2.33. The van der Waals surface area contributed by atoms with Gasteiger partial charge in [-0.1, -0.05) is 19.3 Å². The summed E-state index contributed by atoms with van der Waals surface area (Å²) in [7, 11) is 0. The molecule has 3 fully saturated rings. The minimum Gasteiger partial charge on any atom is -0.338 e. The molecule has 8 heteroatoms. The average Bonchev–Trinajstić information content (AvgIpc) is 3.19. The van der Waals surface area contributed by atoms with Gasteiger partial charge in [-0.15, -0.1) is 0 Å². The first-order valence-corrected chi connectivity index (χ1v) is 12.7. The van der Waals surface area contributed by atoms with E-state index in [1.54, 1.807) is 12.4 Å². The first-order valence-electron chi connectivity index (χ1n) is 12.7. The van der Waals surface area contributed by atoms with Crippen LogP contribution in [0.15, 0.2) is 36.7 Å². The van der Waals surface area contributed by atoms with Crippen molar-refractivity contribution in [1.82, 2.24) is 29.3 Å². The number of fused-ring (bicyclic) bond motifs is 1. The van der Waals surface area contributed by atoms with Crippen LogP contribution in [0.2, 0.25) is 0 Å². The van der Waals surface area contributed by atoms with E-state index in [2.05, 4.69) is 37.3 Å². The number of hydrogen-bond donors (Lipinski definition) is 0. The molecule has 34 heavy (non-hydrogen) atoms. The molecule has 2 aromatic heterocycles. The van der Waals surface area contributed by atoms with Crippen LogP contribution in [0.5, 0.6) is 0 Å². The highest BCUT2D eigenvalue weighted by Gasteiger charge is 2.36. The predicted molar refractivity (Wildman–Crippen MR) is 132 cm³/mol. The van der Waals surface area contributed by atoms with Gasteiger partial charge in [-0.05, 0) is 44.0 Å². The molecule has 178 valence electrons. The molecule has 0 atom stereocenters. The topological polar surface area (TPSA) is 70.4 Å². The Labute approximate surface area is 200 Å². The molecule has 6 rings (SSSR count). The van der Waals surface area contributed by atoms with Crippen molar-refractivity contribution in [2.45, 2.75) is 51.1 Å². The first-order chi connectivity index (χ1) is 16.7. The molecule has 0 radical (unpaired) electrons. The smallest absolute Gasteiger partial charge is 0.254 e. The molecule has 3 aromatic rings. The van der Waals surface area contributed by atoms with Crippen LogP contribution in [0, 0.1) is 6.92 Å². The van der Waals surface area contributed by atoms with Crippen LogP contribution in [0.3, 0.4) is 0 Å². The summed E-state index contributed by atoms with van der Waals surface area (Å²) in [5.41, 5.74) is 2.87. The summed E-state index contributed by atoms with van der Waals surface area (Å²) in [5, 5.41) is 0. The van der Waals surface area contributed by atoms with Crippen LogP contribution in [-0.2, 0) is 0 Å². The molecule has 3 aliphatic rings. The average molecular weight is 460 g/mol. The molecule has 2 saturated heterocycles. The molecule has 1 saturated carbocycles. The number of carbonyl (C=O) groups is 1. The number of rotatable bonds is 4. The van der Waals surface area contributed by atoms with E-state index in [9.17, 15) is 4.79 Å². The van der Waals surface area contributed by atoms with Crippen molar-refractivity contribution in [3.8, 4) is 0 Å². The molecule has 0 N–H and O–H groups in total. The zero-order chi connectivity index (χ0) is 23.1. The van der Waals surface area contributed by atoms with Gasteiger partial charge in [0.05, 0.1) is 11.0 Å². The lowest BCUT2D eigenvalue weighted by Crippen LogP contribution is -2.64. The number of hydrogen-bond acceptors (Lipinski definition) is 6. The number of aryl methyl sites for hydroxylation is 1. The number of carbonyl (C=O) groups excluding carboxylic acids is 1. The third-order valence-electron chi connectivity index (χ3n) is 7.87. The molecule has 0 spiro atoms. The Morgan fingerprint density at radius 3 is 2.41 bits per heavy atom. The zero-order valence-corrected chi connectivity index (χ0v) is 19.9. The summed E-state index contributed by atoms with van der Waals surface area (Å²) in [6.07, 6.45) is 9.99. The van der Waals surface area contributed by atoms with E-state index in [1.807, 2.05) is 23.1 Å². The first kappa shape index (κ1) is 21.5. The molecule has 1 amide bonds. The van der Waals surface area contributed by atoms with E-state index in [0.29, 0.717) is 12.1 Å². The molecular weight excluding hydrogens is 426 g/mol. The summed E-state index contributed by atoms with van der Waals surface area (Å²) >= 11 is 0. The van der Waals surface area contributed by atoms with Crippen LogP contribution in [0.4, 0.5) is 5.95 Å². The van der Waals surface area contributed by atoms with Crippen molar-refractivity contribution < 1.29 is 4.79 Å². The van der Waals surface area contributed by atoms with Gasteiger partial charge in [0.15, 0.2) is 0 Å². The van der Waals surface area contributed by atoms with Gasteiger partial charge in [0.2, 0.25) is 5.95 Å². The van der Waals surface area contributed by atoms with Crippen LogP contribution < -0.4 is 4.90 Å². The monoisotopic (exact) mass is 459 g/mol. The second-order valence-electron chi connectivity index (χ2n) is 9.96. The van der Waals surface area contributed by atoms with Crippen LogP contribution in [0.25, 0.3) is 11.0 Å². The maximum absolute atomic E-state index is 13.2. The molecular formula is C26H33N7O. The van der Waals surface area contributed by atoms with E-state index in [-0.39, 0.29) is 5.91 Å².